The summed E-state index contributed by atoms with van der Waals surface area (Å²) >= 11 is 0. The van der Waals surface area contributed by atoms with E-state index >= 15 is 0 Å². The molecule has 1 aliphatic rings. The van der Waals surface area contributed by atoms with Gasteiger partial charge in [0.15, 0.2) is 0 Å². The van der Waals surface area contributed by atoms with Crippen molar-refractivity contribution < 1.29 is 22.3 Å². The van der Waals surface area contributed by atoms with E-state index in [4.69, 9.17) is 4.74 Å². The van der Waals surface area contributed by atoms with Crippen LogP contribution in [0.4, 0.5) is 4.39 Å². The van der Waals surface area contributed by atoms with Crippen LogP contribution in [0, 0.1) is 5.82 Å². The molecule has 1 unspecified atom stereocenters. The van der Waals surface area contributed by atoms with E-state index in [0.29, 0.717) is 31.8 Å². The van der Waals surface area contributed by atoms with Crippen molar-refractivity contribution in [3.8, 4) is 5.75 Å². The minimum atomic E-state index is -3.69. The third-order valence-corrected chi connectivity index (χ3v) is 7.38. The Kier molecular flexibility index (Phi) is 7.10. The van der Waals surface area contributed by atoms with Gasteiger partial charge < -0.3 is 9.64 Å². The van der Waals surface area contributed by atoms with Gasteiger partial charge in [-0.3, -0.25) is 4.79 Å². The normalized spacial score (nSPS) is 16.8. The number of nitrogens with zero attached hydrogens (tertiary/aromatic N) is 2. The van der Waals surface area contributed by atoms with E-state index in [0.717, 1.165) is 24.3 Å². The topological polar surface area (TPSA) is 66.9 Å². The second kappa shape index (κ2) is 9.57. The molecule has 1 fully saturated rings. The second-order valence-corrected chi connectivity index (χ2v) is 9.53. The molecule has 1 aliphatic heterocycles. The number of likely N-dealkylation sites (tertiary alicyclic amines) is 1. The first-order chi connectivity index (χ1) is 14.3. The number of ether oxygens (including phenoxy) is 1. The molecule has 1 atom stereocenters. The van der Waals surface area contributed by atoms with Gasteiger partial charge in [0.25, 0.3) is 0 Å². The Labute approximate surface area is 177 Å². The van der Waals surface area contributed by atoms with E-state index in [1.165, 1.54) is 29.0 Å². The maximum absolute atomic E-state index is 13.0. The van der Waals surface area contributed by atoms with Gasteiger partial charge in [-0.15, -0.1) is 0 Å². The lowest BCUT2D eigenvalue weighted by atomic mass is 9.98. The first kappa shape index (κ1) is 22.2. The number of carbonyl (C=O) groups excluding carboxylic acids is 1. The summed E-state index contributed by atoms with van der Waals surface area (Å²) in [4.78, 5) is 14.4. The molecule has 0 aromatic heterocycles. The molecular weight excluding hydrogens is 407 g/mol. The van der Waals surface area contributed by atoms with E-state index in [1.54, 1.807) is 7.11 Å². The third kappa shape index (κ3) is 5.17. The molecule has 0 saturated carbocycles. The van der Waals surface area contributed by atoms with E-state index in [2.05, 4.69) is 0 Å². The van der Waals surface area contributed by atoms with Gasteiger partial charge in [0.05, 0.1) is 12.0 Å². The number of amides is 1. The Hall–Kier alpha value is -2.45. The number of benzene rings is 2. The molecule has 2 aromatic carbocycles. The molecule has 3 rings (SSSR count). The highest BCUT2D eigenvalue weighted by Gasteiger charge is 2.27. The number of halogens is 1. The maximum atomic E-state index is 13.0. The van der Waals surface area contributed by atoms with E-state index in [-0.39, 0.29) is 17.3 Å². The summed E-state index contributed by atoms with van der Waals surface area (Å²) in [6, 6.07) is 12.7. The van der Waals surface area contributed by atoms with Gasteiger partial charge in [-0.1, -0.05) is 12.1 Å². The van der Waals surface area contributed by atoms with Crippen LogP contribution in [0.25, 0.3) is 0 Å². The summed E-state index contributed by atoms with van der Waals surface area (Å²) in [6.07, 6.45) is 1.63. The Morgan fingerprint density at radius 2 is 1.83 bits per heavy atom. The van der Waals surface area contributed by atoms with E-state index in [1.807, 2.05) is 29.2 Å². The molecule has 8 heteroatoms. The standard InChI is InChI=1S/C22H27FN2O4S/c1-24(30(27,28)21-11-7-19(23)8-12-21)14-3-4-22(26)25-15-13-18(16-25)17-5-9-20(29-2)10-6-17/h5-12,18H,3-4,13-16H2,1-2H3. The zero-order valence-corrected chi connectivity index (χ0v) is 18.1. The molecule has 1 heterocycles. The van der Waals surface area contributed by atoms with E-state index < -0.39 is 15.8 Å². The van der Waals surface area contributed by atoms with Gasteiger partial charge in [-0.25, -0.2) is 17.1 Å². The minimum Gasteiger partial charge on any atom is -0.497 e. The molecule has 0 spiro atoms. The van der Waals surface area contributed by atoms with Gasteiger partial charge >= 0.3 is 0 Å². The lowest BCUT2D eigenvalue weighted by Gasteiger charge is -2.19. The molecule has 0 radical (unpaired) electrons. The first-order valence-electron chi connectivity index (χ1n) is 9.95. The Morgan fingerprint density at radius 3 is 2.47 bits per heavy atom. The maximum Gasteiger partial charge on any atom is 0.242 e. The molecule has 162 valence electrons. The van der Waals surface area contributed by atoms with Crippen LogP contribution in [-0.2, 0) is 14.8 Å². The second-order valence-electron chi connectivity index (χ2n) is 7.48. The van der Waals surface area contributed by atoms with Crippen LogP contribution in [-0.4, -0.2) is 57.3 Å². The quantitative estimate of drug-likeness (QED) is 0.640. The van der Waals surface area contributed by atoms with Gasteiger partial charge in [0.1, 0.15) is 11.6 Å². The van der Waals surface area contributed by atoms with Crippen LogP contribution in [0.2, 0.25) is 0 Å². The molecule has 1 amide bonds. The van der Waals surface area contributed by atoms with Crippen molar-refractivity contribution in [3.63, 3.8) is 0 Å². The van der Waals surface area contributed by atoms with Crippen molar-refractivity contribution in [1.29, 1.82) is 0 Å². The zero-order valence-electron chi connectivity index (χ0n) is 17.3. The number of hydrogen-bond donors (Lipinski definition) is 0. The van der Waals surface area contributed by atoms with Crippen LogP contribution in [0.3, 0.4) is 0 Å². The lowest BCUT2D eigenvalue weighted by molar-refractivity contribution is -0.130. The number of hydrogen-bond acceptors (Lipinski definition) is 4. The summed E-state index contributed by atoms with van der Waals surface area (Å²) in [5.74, 6) is 0.671. The highest BCUT2D eigenvalue weighted by Crippen LogP contribution is 2.29. The highest BCUT2D eigenvalue weighted by molar-refractivity contribution is 7.89. The number of carbonyl (C=O) groups is 1. The van der Waals surface area contributed by atoms with Crippen LogP contribution >= 0.6 is 0 Å². The molecule has 1 saturated heterocycles. The summed E-state index contributed by atoms with van der Waals surface area (Å²) in [6.45, 7) is 1.61. The average molecular weight is 435 g/mol. The van der Waals surface area contributed by atoms with Gasteiger partial charge in [-0.2, -0.15) is 0 Å². The van der Waals surface area contributed by atoms with Crippen molar-refractivity contribution in [2.75, 3.05) is 33.8 Å². The summed E-state index contributed by atoms with van der Waals surface area (Å²) < 4.78 is 44.5. The van der Waals surface area contributed by atoms with Crippen molar-refractivity contribution in [2.24, 2.45) is 0 Å². The highest BCUT2D eigenvalue weighted by atomic mass is 32.2. The van der Waals surface area contributed by atoms with Gasteiger partial charge in [-0.05, 0) is 54.8 Å². The molecule has 2 aromatic rings. The fourth-order valence-corrected chi connectivity index (χ4v) is 4.86. The Bertz CT molecular complexity index is 962. The number of sulfonamides is 1. The van der Waals surface area contributed by atoms with Crippen LogP contribution in [0.5, 0.6) is 5.75 Å². The van der Waals surface area contributed by atoms with Crippen LogP contribution < -0.4 is 4.74 Å². The largest absolute Gasteiger partial charge is 0.497 e. The van der Waals surface area contributed by atoms with Crippen LogP contribution in [0.15, 0.2) is 53.4 Å². The SMILES string of the molecule is COc1ccc(C2CCN(C(=O)CCCN(C)S(=O)(=O)c3ccc(F)cc3)C2)cc1. The van der Waals surface area contributed by atoms with Gasteiger partial charge in [0.2, 0.25) is 15.9 Å². The number of rotatable bonds is 8. The molecule has 0 bridgehead atoms. The molecule has 0 N–H and O–H groups in total. The predicted molar refractivity (Wildman–Crippen MR) is 112 cm³/mol. The van der Waals surface area contributed by atoms with Crippen molar-refractivity contribution in [3.05, 3.63) is 59.9 Å². The van der Waals surface area contributed by atoms with Crippen LogP contribution in [0.1, 0.15) is 30.7 Å². The predicted octanol–water partition coefficient (Wildman–Crippen LogP) is 3.25. The molecule has 30 heavy (non-hydrogen) atoms. The Morgan fingerprint density at radius 1 is 1.17 bits per heavy atom. The monoisotopic (exact) mass is 434 g/mol. The van der Waals surface area contributed by atoms with Crippen molar-refractivity contribution >= 4 is 15.9 Å². The fourth-order valence-electron chi connectivity index (χ4n) is 3.65. The van der Waals surface area contributed by atoms with Crippen molar-refractivity contribution in [1.82, 2.24) is 9.21 Å². The molecular formula is C22H27FN2O4S. The average Bonchev–Trinajstić information content (AvgIpc) is 3.24. The fraction of sp³-hybridized carbons (Fsp3) is 0.409. The summed E-state index contributed by atoms with van der Waals surface area (Å²) in [7, 11) is -0.589. The molecule has 6 nitrogen and oxygen atoms in total. The smallest absolute Gasteiger partial charge is 0.242 e. The summed E-state index contributed by atoms with van der Waals surface area (Å²) in [5.41, 5.74) is 1.19. The van der Waals surface area contributed by atoms with Crippen molar-refractivity contribution in [2.45, 2.75) is 30.1 Å². The third-order valence-electron chi connectivity index (χ3n) is 5.51. The molecule has 0 aliphatic carbocycles. The zero-order chi connectivity index (χ0) is 21.7. The minimum absolute atomic E-state index is 0.0404. The van der Waals surface area contributed by atoms with E-state index in [9.17, 15) is 17.6 Å². The Balaban J connectivity index is 1.48. The summed E-state index contributed by atoms with van der Waals surface area (Å²) in [5, 5.41) is 0. The lowest BCUT2D eigenvalue weighted by Crippen LogP contribution is -2.31. The van der Waals surface area contributed by atoms with Gasteiger partial charge in [0, 0.05) is 39.0 Å². The number of methoxy groups -OCH3 is 1. The first-order valence-corrected chi connectivity index (χ1v) is 11.4.